The van der Waals surface area contributed by atoms with Crippen LogP contribution < -0.4 is 0 Å². The van der Waals surface area contributed by atoms with Gasteiger partial charge in [0.15, 0.2) is 0 Å². The van der Waals surface area contributed by atoms with Crippen molar-refractivity contribution in [2.75, 3.05) is 6.67 Å². The van der Waals surface area contributed by atoms with Gasteiger partial charge in [-0.2, -0.15) is 0 Å². The van der Waals surface area contributed by atoms with Crippen molar-refractivity contribution in [2.45, 2.75) is 38.0 Å². The van der Waals surface area contributed by atoms with Gasteiger partial charge in [0.25, 0.3) is 0 Å². The van der Waals surface area contributed by atoms with E-state index < -0.39 is 0 Å². The van der Waals surface area contributed by atoms with Gasteiger partial charge < -0.3 is 0 Å². The summed E-state index contributed by atoms with van der Waals surface area (Å²) in [6.45, 7) is -0.240. The lowest BCUT2D eigenvalue weighted by atomic mass is 9.78. The summed E-state index contributed by atoms with van der Waals surface area (Å²) in [6.07, 6.45) is 9.73. The van der Waals surface area contributed by atoms with Crippen LogP contribution in [-0.4, -0.2) is 6.67 Å². The van der Waals surface area contributed by atoms with E-state index in [4.69, 9.17) is 0 Å². The van der Waals surface area contributed by atoms with Crippen LogP contribution >= 0.6 is 15.9 Å². The van der Waals surface area contributed by atoms with Gasteiger partial charge in [0.2, 0.25) is 0 Å². The van der Waals surface area contributed by atoms with Crippen molar-refractivity contribution in [3.8, 4) is 11.1 Å². The Morgan fingerprint density at radius 3 is 2.04 bits per heavy atom. The number of rotatable bonds is 5. The van der Waals surface area contributed by atoms with Crippen LogP contribution in [-0.2, 0) is 0 Å². The van der Waals surface area contributed by atoms with Gasteiger partial charge in [0, 0.05) is 4.47 Å². The molecule has 0 N–H and O–H groups in total. The molecule has 126 valence electrons. The third kappa shape index (κ3) is 4.57. The Bertz CT molecular complexity index is 649. The summed E-state index contributed by atoms with van der Waals surface area (Å²) in [6, 6.07) is 17.5. The van der Waals surface area contributed by atoms with Crippen LogP contribution in [0.3, 0.4) is 0 Å². The maximum absolute atomic E-state index is 12.2. The Morgan fingerprint density at radius 2 is 1.46 bits per heavy atom. The van der Waals surface area contributed by atoms with Crippen molar-refractivity contribution < 1.29 is 4.39 Å². The summed E-state index contributed by atoms with van der Waals surface area (Å²) in [4.78, 5) is 0. The topological polar surface area (TPSA) is 0 Å². The highest BCUT2D eigenvalue weighted by Gasteiger charge is 2.20. The quantitative estimate of drug-likeness (QED) is 0.472. The molecule has 0 spiro atoms. The predicted molar refractivity (Wildman–Crippen MR) is 104 cm³/mol. The Morgan fingerprint density at radius 1 is 0.875 bits per heavy atom. The van der Waals surface area contributed by atoms with E-state index in [9.17, 15) is 4.39 Å². The second-order valence-corrected chi connectivity index (χ2v) is 7.56. The fourth-order valence-corrected chi connectivity index (χ4v) is 3.85. The zero-order valence-electron chi connectivity index (χ0n) is 13.9. The molecule has 2 aromatic carbocycles. The van der Waals surface area contributed by atoms with Crippen molar-refractivity contribution in [3.63, 3.8) is 0 Å². The largest absolute Gasteiger partial charge is 0.251 e. The van der Waals surface area contributed by atoms with E-state index in [-0.39, 0.29) is 6.67 Å². The minimum atomic E-state index is -0.240. The van der Waals surface area contributed by atoms with Crippen LogP contribution in [0, 0.1) is 5.92 Å². The highest BCUT2D eigenvalue weighted by Crippen LogP contribution is 2.37. The Labute approximate surface area is 152 Å². The van der Waals surface area contributed by atoms with Crippen molar-refractivity contribution in [1.82, 2.24) is 0 Å². The monoisotopic (exact) mass is 386 g/mol. The van der Waals surface area contributed by atoms with Crippen LogP contribution in [0.2, 0.25) is 0 Å². The predicted octanol–water partition coefficient (Wildman–Crippen LogP) is 7.31. The average Bonchev–Trinajstić information content (AvgIpc) is 2.63. The molecule has 0 bridgehead atoms. The minimum Gasteiger partial charge on any atom is -0.251 e. The maximum atomic E-state index is 12.2. The summed E-state index contributed by atoms with van der Waals surface area (Å²) < 4.78 is 13.3. The van der Waals surface area contributed by atoms with Crippen molar-refractivity contribution in [3.05, 3.63) is 70.7 Å². The van der Waals surface area contributed by atoms with Gasteiger partial charge in [-0.1, -0.05) is 64.5 Å². The number of hydrogen-bond acceptors (Lipinski definition) is 0. The SMILES string of the molecule is FCCC=C[C@H]1CC[C@H](c2ccc(-c3ccc(Br)cc3)cc2)CC1. The molecule has 1 aliphatic rings. The molecule has 1 fully saturated rings. The molecular formula is C22H24BrF. The summed E-state index contributed by atoms with van der Waals surface area (Å²) >= 11 is 3.48. The molecule has 0 radical (unpaired) electrons. The van der Waals surface area contributed by atoms with E-state index in [1.165, 1.54) is 42.4 Å². The molecule has 1 saturated carbocycles. The molecule has 0 aliphatic heterocycles. The fourth-order valence-electron chi connectivity index (χ4n) is 3.59. The second kappa shape index (κ2) is 8.62. The first-order valence-electron chi connectivity index (χ1n) is 8.85. The van der Waals surface area contributed by atoms with Gasteiger partial charge in [-0.25, -0.2) is 0 Å². The first-order valence-corrected chi connectivity index (χ1v) is 9.64. The Hall–Kier alpha value is -1.41. The van der Waals surface area contributed by atoms with E-state index in [1.807, 2.05) is 6.08 Å². The molecule has 0 nitrogen and oxygen atoms in total. The van der Waals surface area contributed by atoms with Crippen LogP contribution in [0.5, 0.6) is 0 Å². The highest BCUT2D eigenvalue weighted by atomic mass is 79.9. The lowest BCUT2D eigenvalue weighted by molar-refractivity contribution is 0.375. The Kier molecular flexibility index (Phi) is 6.25. The first-order chi connectivity index (χ1) is 11.8. The Balaban J connectivity index is 1.59. The highest BCUT2D eigenvalue weighted by molar-refractivity contribution is 9.10. The van der Waals surface area contributed by atoms with E-state index in [0.29, 0.717) is 18.3 Å². The molecule has 2 aromatic rings. The molecule has 0 heterocycles. The fraction of sp³-hybridized carbons (Fsp3) is 0.364. The van der Waals surface area contributed by atoms with Gasteiger partial charge >= 0.3 is 0 Å². The van der Waals surface area contributed by atoms with Crippen molar-refractivity contribution >= 4 is 15.9 Å². The van der Waals surface area contributed by atoms with Gasteiger partial charge in [0.05, 0.1) is 6.67 Å². The standard InChI is InChI=1S/C22H24BrF/c23-22-14-12-21(13-15-22)20-10-8-19(9-11-20)18-6-4-17(5-7-18)3-1-2-16-24/h1,3,8-15,17-18H,2,4-7,16H2/t17-,18-. The van der Waals surface area contributed by atoms with Gasteiger partial charge in [-0.05, 0) is 72.8 Å². The van der Waals surface area contributed by atoms with Crippen molar-refractivity contribution in [2.24, 2.45) is 5.92 Å². The number of hydrogen-bond donors (Lipinski definition) is 0. The molecule has 2 heteroatoms. The first kappa shape index (κ1) is 17.4. The van der Waals surface area contributed by atoms with Gasteiger partial charge in [0.1, 0.15) is 0 Å². The lowest BCUT2D eigenvalue weighted by Crippen LogP contribution is -2.11. The third-order valence-electron chi connectivity index (χ3n) is 5.02. The molecule has 3 rings (SSSR count). The molecule has 0 aromatic heterocycles. The van der Waals surface area contributed by atoms with E-state index in [2.05, 4.69) is 70.5 Å². The normalized spacial score (nSPS) is 21.2. The van der Waals surface area contributed by atoms with E-state index >= 15 is 0 Å². The summed E-state index contributed by atoms with van der Waals surface area (Å²) in [5, 5.41) is 0. The van der Waals surface area contributed by atoms with Gasteiger partial charge in [-0.15, -0.1) is 0 Å². The summed E-state index contributed by atoms with van der Waals surface area (Å²) in [7, 11) is 0. The number of allylic oxidation sites excluding steroid dienone is 2. The lowest BCUT2D eigenvalue weighted by Gasteiger charge is -2.27. The molecule has 24 heavy (non-hydrogen) atoms. The minimum absolute atomic E-state index is 0.240. The smallest absolute Gasteiger partial charge is 0.0928 e. The molecule has 1 aliphatic carbocycles. The molecule has 0 atom stereocenters. The van der Waals surface area contributed by atoms with Crippen LogP contribution in [0.1, 0.15) is 43.6 Å². The molecular weight excluding hydrogens is 363 g/mol. The second-order valence-electron chi connectivity index (χ2n) is 6.65. The molecule has 0 saturated heterocycles. The molecule has 0 amide bonds. The van der Waals surface area contributed by atoms with Crippen LogP contribution in [0.25, 0.3) is 11.1 Å². The number of alkyl halides is 1. The van der Waals surface area contributed by atoms with Crippen LogP contribution in [0.4, 0.5) is 4.39 Å². The summed E-state index contributed by atoms with van der Waals surface area (Å²) in [5.74, 6) is 1.32. The average molecular weight is 387 g/mol. The van der Waals surface area contributed by atoms with E-state index in [1.54, 1.807) is 0 Å². The van der Waals surface area contributed by atoms with Gasteiger partial charge in [-0.3, -0.25) is 4.39 Å². The number of halogens is 2. The zero-order chi connectivity index (χ0) is 16.8. The zero-order valence-corrected chi connectivity index (χ0v) is 15.5. The van der Waals surface area contributed by atoms with Crippen LogP contribution in [0.15, 0.2) is 65.2 Å². The maximum Gasteiger partial charge on any atom is 0.0928 e. The summed E-state index contributed by atoms with van der Waals surface area (Å²) in [5.41, 5.74) is 3.99. The third-order valence-corrected chi connectivity index (χ3v) is 5.54. The van der Waals surface area contributed by atoms with E-state index in [0.717, 1.165) is 4.47 Å². The molecule has 0 unspecified atom stereocenters. The number of benzene rings is 2. The van der Waals surface area contributed by atoms with Crippen molar-refractivity contribution in [1.29, 1.82) is 0 Å².